The summed E-state index contributed by atoms with van der Waals surface area (Å²) in [6.07, 6.45) is 5.43. The van der Waals surface area contributed by atoms with Gasteiger partial charge in [0.1, 0.15) is 0 Å². The molecule has 11 nitrogen and oxygen atoms in total. The standard InChI is InChI=1S/C31H33ClN6O5/c32-23-7-9-24(10-8-23)34-31(43)36-26-17-21(29(41)35-25(18-28(39)40)22-3-1-12-33-19-22)6-11-27(26)37-13-2-14-38(16-15-37)30(42)20-4-5-20/h1,3,6-12,17,19-20,25H,2,4-5,13-16,18H2,(H,35,41)(H,39,40)(H2,34,36,43). The fourth-order valence-electron chi connectivity index (χ4n) is 5.09. The predicted octanol–water partition coefficient (Wildman–Crippen LogP) is 4.77. The first kappa shape index (κ1) is 29.8. The van der Waals surface area contributed by atoms with Crippen LogP contribution in [-0.2, 0) is 9.59 Å². The zero-order chi connectivity index (χ0) is 30.3. The molecule has 1 saturated heterocycles. The number of nitrogens with one attached hydrogen (secondary N) is 3. The highest BCUT2D eigenvalue weighted by Crippen LogP contribution is 2.33. The van der Waals surface area contributed by atoms with Crippen LogP contribution < -0.4 is 20.9 Å². The Kier molecular flexibility index (Phi) is 9.41. The van der Waals surface area contributed by atoms with E-state index in [2.05, 4.69) is 25.8 Å². The minimum absolute atomic E-state index is 0.148. The molecule has 2 heterocycles. The lowest BCUT2D eigenvalue weighted by Crippen LogP contribution is -2.36. The molecule has 4 N–H and O–H groups in total. The molecule has 12 heteroatoms. The van der Waals surface area contributed by atoms with Crippen molar-refractivity contribution in [2.24, 2.45) is 5.92 Å². The Bertz CT molecular complexity index is 1480. The molecule has 1 aromatic heterocycles. The van der Waals surface area contributed by atoms with Crippen LogP contribution in [0.4, 0.5) is 21.9 Å². The second kappa shape index (κ2) is 13.6. The SMILES string of the molecule is O=C(O)CC(NC(=O)c1ccc(N2CCCN(C(=O)C3CC3)CC2)c(NC(=O)Nc2ccc(Cl)cc2)c1)c1cccnc1. The van der Waals surface area contributed by atoms with Crippen LogP contribution in [0.15, 0.2) is 67.0 Å². The van der Waals surface area contributed by atoms with Gasteiger partial charge in [0.25, 0.3) is 5.91 Å². The van der Waals surface area contributed by atoms with Crippen molar-refractivity contribution in [3.63, 3.8) is 0 Å². The van der Waals surface area contributed by atoms with E-state index in [-0.39, 0.29) is 23.8 Å². The van der Waals surface area contributed by atoms with Crippen LogP contribution in [0.5, 0.6) is 0 Å². The van der Waals surface area contributed by atoms with Crippen molar-refractivity contribution in [2.45, 2.75) is 31.7 Å². The third kappa shape index (κ3) is 8.01. The van der Waals surface area contributed by atoms with E-state index in [1.165, 1.54) is 6.20 Å². The number of halogens is 1. The van der Waals surface area contributed by atoms with Crippen molar-refractivity contribution in [1.29, 1.82) is 0 Å². The van der Waals surface area contributed by atoms with Crippen LogP contribution in [0.1, 0.15) is 47.6 Å². The van der Waals surface area contributed by atoms with Crippen molar-refractivity contribution in [3.05, 3.63) is 83.1 Å². The molecule has 4 amide bonds. The number of urea groups is 1. The fraction of sp³-hybridized carbons (Fsp3) is 0.323. The third-order valence-electron chi connectivity index (χ3n) is 7.45. The van der Waals surface area contributed by atoms with E-state index in [4.69, 9.17) is 11.6 Å². The molecule has 2 aromatic carbocycles. The molecule has 3 aromatic rings. The van der Waals surface area contributed by atoms with E-state index in [9.17, 15) is 24.3 Å². The summed E-state index contributed by atoms with van der Waals surface area (Å²) < 4.78 is 0. The number of carboxylic acids is 1. The van der Waals surface area contributed by atoms with Gasteiger partial charge in [0, 0.05) is 60.8 Å². The molecule has 0 bridgehead atoms. The summed E-state index contributed by atoms with van der Waals surface area (Å²) in [6, 6.07) is 13.7. The number of carbonyl (C=O) groups excluding carboxylic acids is 3. The van der Waals surface area contributed by atoms with Gasteiger partial charge in [0.05, 0.1) is 23.8 Å². The topological polar surface area (TPSA) is 144 Å². The Morgan fingerprint density at radius 2 is 1.77 bits per heavy atom. The fourth-order valence-corrected chi connectivity index (χ4v) is 5.21. The maximum Gasteiger partial charge on any atom is 0.323 e. The molecule has 2 fully saturated rings. The second-order valence-corrected chi connectivity index (χ2v) is 11.1. The molecule has 5 rings (SSSR count). The van der Waals surface area contributed by atoms with Gasteiger partial charge in [0.2, 0.25) is 5.91 Å². The van der Waals surface area contributed by atoms with Crippen molar-refractivity contribution in [3.8, 4) is 0 Å². The number of hydrogen-bond donors (Lipinski definition) is 4. The Morgan fingerprint density at radius 3 is 2.47 bits per heavy atom. The minimum atomic E-state index is -1.07. The quantitative estimate of drug-likeness (QED) is 0.275. The Balaban J connectivity index is 1.38. The van der Waals surface area contributed by atoms with Crippen LogP contribution in [0.3, 0.4) is 0 Å². The normalized spacial score (nSPS) is 15.7. The summed E-state index contributed by atoms with van der Waals surface area (Å²) in [4.78, 5) is 58.7. The van der Waals surface area contributed by atoms with Crippen LogP contribution >= 0.6 is 11.6 Å². The molecule has 0 spiro atoms. The molecular formula is C31H33ClN6O5. The number of pyridine rings is 1. The lowest BCUT2D eigenvalue weighted by Gasteiger charge is -2.27. The molecule has 43 heavy (non-hydrogen) atoms. The molecule has 2 aliphatic rings. The molecule has 1 aliphatic carbocycles. The summed E-state index contributed by atoms with van der Waals surface area (Å²) in [5.41, 5.74) is 2.44. The van der Waals surface area contributed by atoms with Crippen LogP contribution in [0.2, 0.25) is 5.02 Å². The van der Waals surface area contributed by atoms with E-state index in [0.29, 0.717) is 53.8 Å². The molecule has 1 saturated carbocycles. The minimum Gasteiger partial charge on any atom is -0.481 e. The largest absolute Gasteiger partial charge is 0.481 e. The van der Waals surface area contributed by atoms with E-state index < -0.39 is 23.9 Å². The van der Waals surface area contributed by atoms with E-state index in [1.54, 1.807) is 60.8 Å². The number of carboxylic acid groups (broad SMARTS) is 1. The molecule has 224 valence electrons. The van der Waals surface area contributed by atoms with Gasteiger partial charge in [0.15, 0.2) is 0 Å². The average molecular weight is 605 g/mol. The van der Waals surface area contributed by atoms with Crippen LogP contribution in [0.25, 0.3) is 0 Å². The highest BCUT2D eigenvalue weighted by molar-refractivity contribution is 6.30. The summed E-state index contributed by atoms with van der Waals surface area (Å²) in [6.45, 7) is 2.47. The summed E-state index contributed by atoms with van der Waals surface area (Å²) in [5, 5.41) is 18.4. The highest BCUT2D eigenvalue weighted by atomic mass is 35.5. The number of hydrogen-bond acceptors (Lipinski definition) is 6. The van der Waals surface area contributed by atoms with E-state index in [0.717, 1.165) is 19.3 Å². The maximum absolute atomic E-state index is 13.4. The Morgan fingerprint density at radius 1 is 0.977 bits per heavy atom. The van der Waals surface area contributed by atoms with Gasteiger partial charge in [-0.1, -0.05) is 17.7 Å². The van der Waals surface area contributed by atoms with E-state index >= 15 is 0 Å². The first-order chi connectivity index (χ1) is 20.8. The zero-order valence-electron chi connectivity index (χ0n) is 23.5. The van der Waals surface area contributed by atoms with Crippen LogP contribution in [-0.4, -0.2) is 65.0 Å². The monoisotopic (exact) mass is 604 g/mol. The second-order valence-electron chi connectivity index (χ2n) is 10.7. The average Bonchev–Trinajstić information content (AvgIpc) is 3.86. The van der Waals surface area contributed by atoms with Crippen molar-refractivity contribution in [2.75, 3.05) is 41.7 Å². The number of benzene rings is 2. The molecule has 1 atom stereocenters. The number of aromatic nitrogens is 1. The molecular weight excluding hydrogens is 572 g/mol. The first-order valence-electron chi connectivity index (χ1n) is 14.2. The van der Waals surface area contributed by atoms with Crippen molar-refractivity contribution < 1.29 is 24.3 Å². The number of carbonyl (C=O) groups is 4. The summed E-state index contributed by atoms with van der Waals surface area (Å²) in [7, 11) is 0. The van der Waals surface area contributed by atoms with Gasteiger partial charge >= 0.3 is 12.0 Å². The number of anilines is 3. The molecule has 1 unspecified atom stereocenters. The lowest BCUT2D eigenvalue weighted by atomic mass is 10.0. The van der Waals surface area contributed by atoms with Gasteiger partial charge in [-0.05, 0) is 73.4 Å². The third-order valence-corrected chi connectivity index (χ3v) is 7.71. The zero-order valence-corrected chi connectivity index (χ0v) is 24.2. The van der Waals surface area contributed by atoms with Gasteiger partial charge in [-0.3, -0.25) is 19.4 Å². The number of rotatable bonds is 9. The van der Waals surface area contributed by atoms with Crippen LogP contribution in [0, 0.1) is 5.92 Å². The smallest absolute Gasteiger partial charge is 0.323 e. The van der Waals surface area contributed by atoms with Gasteiger partial charge in [-0.2, -0.15) is 0 Å². The number of nitrogens with zero attached hydrogens (tertiary/aromatic N) is 3. The van der Waals surface area contributed by atoms with Crippen molar-refractivity contribution in [1.82, 2.24) is 15.2 Å². The highest BCUT2D eigenvalue weighted by Gasteiger charge is 2.34. The maximum atomic E-state index is 13.4. The Hall–Kier alpha value is -4.64. The summed E-state index contributed by atoms with van der Waals surface area (Å²) >= 11 is 5.97. The number of aliphatic carboxylic acids is 1. The lowest BCUT2D eigenvalue weighted by molar-refractivity contribution is -0.137. The first-order valence-corrected chi connectivity index (χ1v) is 14.6. The van der Waals surface area contributed by atoms with Crippen molar-refractivity contribution >= 4 is 52.5 Å². The Labute approximate surface area is 254 Å². The number of amides is 4. The predicted molar refractivity (Wildman–Crippen MR) is 163 cm³/mol. The molecule has 0 radical (unpaired) electrons. The molecule has 1 aliphatic heterocycles. The van der Waals surface area contributed by atoms with Gasteiger partial charge in [-0.25, -0.2) is 4.79 Å². The van der Waals surface area contributed by atoms with Gasteiger partial charge < -0.3 is 30.9 Å². The van der Waals surface area contributed by atoms with Gasteiger partial charge in [-0.15, -0.1) is 0 Å². The van der Waals surface area contributed by atoms with E-state index in [1.807, 2.05) is 4.90 Å². The summed E-state index contributed by atoms with van der Waals surface area (Å²) in [5.74, 6) is -1.21.